The molecule has 0 spiro atoms. The topological polar surface area (TPSA) is 135 Å². The third-order valence-electron chi connectivity index (χ3n) is 9.67. The van der Waals surface area contributed by atoms with Gasteiger partial charge >= 0.3 is 12.1 Å². The first kappa shape index (κ1) is 30.1. The number of piperidine rings is 1. The number of nitriles is 1. The second-order valence-electron chi connectivity index (χ2n) is 12.6. The summed E-state index contributed by atoms with van der Waals surface area (Å²) in [5, 5.41) is 17.0. The summed E-state index contributed by atoms with van der Waals surface area (Å²) in [6.45, 7) is 4.63. The van der Waals surface area contributed by atoms with Crippen LogP contribution >= 0.6 is 0 Å². The van der Waals surface area contributed by atoms with Crippen molar-refractivity contribution in [3.05, 3.63) is 0 Å². The molecule has 4 rings (SSSR count). The number of carbonyl (C=O) groups excluding carboxylic acids is 4. The van der Waals surface area contributed by atoms with E-state index in [0.29, 0.717) is 38.6 Å². The number of likely N-dealkylation sites (tertiary alicyclic amines) is 1. The van der Waals surface area contributed by atoms with Crippen molar-refractivity contribution in [1.29, 1.82) is 5.26 Å². The number of nitrogens with zero attached hydrogens (tertiary/aromatic N) is 3. The van der Waals surface area contributed by atoms with E-state index in [4.69, 9.17) is 0 Å². The van der Waals surface area contributed by atoms with Crippen LogP contribution in [0.15, 0.2) is 0 Å². The molecule has 0 aromatic heterocycles. The van der Waals surface area contributed by atoms with Gasteiger partial charge in [-0.05, 0) is 75.8 Å². The van der Waals surface area contributed by atoms with Gasteiger partial charge in [0.25, 0.3) is 0 Å². The fourth-order valence-corrected chi connectivity index (χ4v) is 7.10. The Morgan fingerprint density at radius 2 is 1.80 bits per heavy atom. The Kier molecular flexibility index (Phi) is 8.41. The highest BCUT2D eigenvalue weighted by Crippen LogP contribution is 2.65. The summed E-state index contributed by atoms with van der Waals surface area (Å²) in [6.07, 6.45) is -2.21. The van der Waals surface area contributed by atoms with Gasteiger partial charge in [0.15, 0.2) is 0 Å². The zero-order valence-electron chi connectivity index (χ0n) is 23.4. The first-order valence-electron chi connectivity index (χ1n) is 14.0. The maximum absolute atomic E-state index is 13.9. The zero-order valence-corrected chi connectivity index (χ0v) is 23.4. The maximum atomic E-state index is 13.9. The Labute approximate surface area is 232 Å². The summed E-state index contributed by atoms with van der Waals surface area (Å²) in [6, 6.07) is -1.10. The molecular weight excluding hydrogens is 529 g/mol. The van der Waals surface area contributed by atoms with Crippen molar-refractivity contribution in [3.8, 4) is 6.07 Å². The molecule has 1 unspecified atom stereocenters. The van der Waals surface area contributed by atoms with Crippen LogP contribution in [0.4, 0.5) is 13.2 Å². The van der Waals surface area contributed by atoms with Crippen molar-refractivity contribution in [2.24, 2.45) is 29.1 Å². The molecule has 222 valence electrons. The van der Waals surface area contributed by atoms with Gasteiger partial charge in [0.05, 0.1) is 6.07 Å². The van der Waals surface area contributed by atoms with Gasteiger partial charge in [-0.15, -0.1) is 0 Å². The number of rotatable bonds is 8. The zero-order chi connectivity index (χ0) is 29.6. The lowest BCUT2D eigenvalue weighted by Crippen LogP contribution is -2.60. The smallest absolute Gasteiger partial charge is 0.356 e. The van der Waals surface area contributed by atoms with E-state index < -0.39 is 53.9 Å². The molecule has 10 nitrogen and oxygen atoms in total. The Hall–Kier alpha value is -2.88. The third-order valence-corrected chi connectivity index (χ3v) is 9.67. The minimum absolute atomic E-state index is 0.0307. The number of hydrogen-bond acceptors (Lipinski definition) is 6. The predicted molar refractivity (Wildman–Crippen MR) is 137 cm³/mol. The van der Waals surface area contributed by atoms with Gasteiger partial charge in [-0.3, -0.25) is 19.2 Å². The van der Waals surface area contributed by atoms with Crippen molar-refractivity contribution >= 4 is 23.6 Å². The Balaban J connectivity index is 1.54. The van der Waals surface area contributed by atoms with Crippen LogP contribution in [0.3, 0.4) is 0 Å². The Morgan fingerprint density at radius 1 is 1.15 bits per heavy atom. The molecule has 0 aromatic rings. The average molecular weight is 569 g/mol. The maximum Gasteiger partial charge on any atom is 0.471 e. The fourth-order valence-electron chi connectivity index (χ4n) is 7.10. The van der Waals surface area contributed by atoms with Gasteiger partial charge in [-0.25, -0.2) is 0 Å². The quantitative estimate of drug-likeness (QED) is 0.403. The number of alkyl halides is 3. The molecule has 4 aliphatic rings. The SMILES string of the molecule is CN(C)C1CCC(C(NC(=O)C(F)(F)F)C(=O)N2C[C@H]3[C@@H]([C@H]2C(=O)N[C@H](C#N)C[C@@H]2CCNC2=O)C3(C)C)CC1. The lowest BCUT2D eigenvalue weighted by molar-refractivity contribution is -0.176. The van der Waals surface area contributed by atoms with E-state index in [1.165, 1.54) is 4.90 Å². The van der Waals surface area contributed by atoms with Crippen LogP contribution in [0.5, 0.6) is 0 Å². The van der Waals surface area contributed by atoms with Gasteiger partial charge in [0, 0.05) is 25.0 Å². The minimum Gasteiger partial charge on any atom is -0.356 e. The van der Waals surface area contributed by atoms with Gasteiger partial charge in [0.2, 0.25) is 17.7 Å². The Morgan fingerprint density at radius 3 is 2.33 bits per heavy atom. The molecule has 2 aliphatic carbocycles. The molecule has 13 heteroatoms. The van der Waals surface area contributed by atoms with Crippen molar-refractivity contribution in [1.82, 2.24) is 25.8 Å². The summed E-state index contributed by atoms with van der Waals surface area (Å²) < 4.78 is 39.8. The van der Waals surface area contributed by atoms with E-state index in [1.54, 1.807) is 0 Å². The third kappa shape index (κ3) is 5.92. The van der Waals surface area contributed by atoms with Crippen LogP contribution in [0, 0.1) is 40.4 Å². The van der Waals surface area contributed by atoms with Crippen molar-refractivity contribution in [2.45, 2.75) is 82.7 Å². The average Bonchev–Trinajstić information content (AvgIpc) is 3.23. The number of hydrogen-bond donors (Lipinski definition) is 3. The minimum atomic E-state index is -5.15. The van der Waals surface area contributed by atoms with Crippen molar-refractivity contribution < 1.29 is 32.3 Å². The molecule has 3 N–H and O–H groups in total. The standard InChI is InChI=1S/C27H39F3N6O4/c1-26(2)18-13-36(21(19(18)26)23(38)33-16(12-31)11-15-9-10-32-22(15)37)24(39)20(34-25(40)27(28,29)30)14-5-7-17(8-6-14)35(3)4/h14-21H,5-11,13H2,1-4H3,(H,32,37)(H,33,38)(H,34,40)/t14?,15-,16-,17?,18-,19-,20?,21-/m0/s1. The van der Waals surface area contributed by atoms with Crippen LogP contribution in [0.2, 0.25) is 0 Å². The lowest BCUT2D eigenvalue weighted by Gasteiger charge is -2.39. The van der Waals surface area contributed by atoms with E-state index in [9.17, 15) is 37.6 Å². The van der Waals surface area contributed by atoms with Crippen LogP contribution in [-0.4, -0.2) is 91.0 Å². The largest absolute Gasteiger partial charge is 0.471 e. The van der Waals surface area contributed by atoms with Crippen LogP contribution in [0.1, 0.15) is 52.4 Å². The second kappa shape index (κ2) is 11.2. The molecule has 0 aromatic carbocycles. The summed E-state index contributed by atoms with van der Waals surface area (Å²) >= 11 is 0. The highest BCUT2D eigenvalue weighted by Gasteiger charge is 2.69. The normalized spacial score (nSPS) is 32.5. The highest BCUT2D eigenvalue weighted by molar-refractivity contribution is 5.94. The second-order valence-corrected chi connectivity index (χ2v) is 12.6. The van der Waals surface area contributed by atoms with Gasteiger partial charge in [-0.2, -0.15) is 18.4 Å². The van der Waals surface area contributed by atoms with Crippen LogP contribution < -0.4 is 16.0 Å². The fraction of sp³-hybridized carbons (Fsp3) is 0.815. The van der Waals surface area contributed by atoms with Crippen molar-refractivity contribution in [3.63, 3.8) is 0 Å². The summed E-state index contributed by atoms with van der Waals surface area (Å²) in [5.41, 5.74) is -0.263. The molecule has 0 radical (unpaired) electrons. The van der Waals surface area contributed by atoms with E-state index >= 15 is 0 Å². The van der Waals surface area contributed by atoms with E-state index in [-0.39, 0.29) is 42.2 Å². The molecule has 0 bridgehead atoms. The molecule has 2 heterocycles. The van der Waals surface area contributed by atoms with Crippen LogP contribution in [-0.2, 0) is 19.2 Å². The molecule has 4 amide bonds. The molecule has 40 heavy (non-hydrogen) atoms. The van der Waals surface area contributed by atoms with E-state index in [0.717, 1.165) is 0 Å². The molecule has 4 fully saturated rings. The highest BCUT2D eigenvalue weighted by atomic mass is 19.4. The number of carbonyl (C=O) groups is 4. The molecule has 2 saturated carbocycles. The Bertz CT molecular complexity index is 1070. The molecule has 2 aliphatic heterocycles. The number of nitrogens with one attached hydrogen (secondary N) is 3. The lowest BCUT2D eigenvalue weighted by atomic mass is 9.80. The van der Waals surface area contributed by atoms with Crippen molar-refractivity contribution in [2.75, 3.05) is 27.2 Å². The predicted octanol–water partition coefficient (Wildman–Crippen LogP) is 1.17. The van der Waals surface area contributed by atoms with E-state index in [1.807, 2.05) is 44.2 Å². The first-order valence-corrected chi connectivity index (χ1v) is 14.0. The monoisotopic (exact) mass is 568 g/mol. The van der Waals surface area contributed by atoms with Gasteiger partial charge < -0.3 is 25.8 Å². The molecule has 2 saturated heterocycles. The molecular formula is C27H39F3N6O4. The number of halogens is 3. The van der Waals surface area contributed by atoms with Crippen LogP contribution in [0.25, 0.3) is 0 Å². The summed E-state index contributed by atoms with van der Waals surface area (Å²) in [5.74, 6) is -4.78. The first-order chi connectivity index (χ1) is 18.7. The van der Waals surface area contributed by atoms with Gasteiger partial charge in [0.1, 0.15) is 18.1 Å². The summed E-state index contributed by atoms with van der Waals surface area (Å²) in [7, 11) is 3.85. The number of amides is 4. The van der Waals surface area contributed by atoms with E-state index in [2.05, 4.69) is 10.6 Å². The molecule has 6 atom stereocenters. The van der Waals surface area contributed by atoms with Gasteiger partial charge in [-0.1, -0.05) is 13.8 Å². The summed E-state index contributed by atoms with van der Waals surface area (Å²) in [4.78, 5) is 54.9. The number of fused-ring (bicyclic) bond motifs is 1.